The van der Waals surface area contributed by atoms with Gasteiger partial charge in [-0.2, -0.15) is 0 Å². The fourth-order valence-electron chi connectivity index (χ4n) is 0.822. The molecule has 0 aliphatic heterocycles. The Morgan fingerprint density at radius 2 is 2.20 bits per heavy atom. The van der Waals surface area contributed by atoms with E-state index in [-0.39, 0.29) is 0 Å². The number of hydrogen-bond acceptors (Lipinski definition) is 2. The van der Waals surface area contributed by atoms with Gasteiger partial charge in [0.25, 0.3) is 0 Å². The van der Waals surface area contributed by atoms with Gasteiger partial charge >= 0.3 is 0 Å². The second kappa shape index (κ2) is 3.28. The standard InChI is InChI=1S/C6H8Cl2N2/c7-4-2-1-3-5(10-9)6(4)8/h2,10H,1,3,9H2. The van der Waals surface area contributed by atoms with Crippen LogP contribution in [0.4, 0.5) is 0 Å². The molecule has 0 aromatic rings. The Bertz CT molecular complexity index is 196. The summed E-state index contributed by atoms with van der Waals surface area (Å²) in [4.78, 5) is 0. The van der Waals surface area contributed by atoms with Gasteiger partial charge in [-0.15, -0.1) is 0 Å². The van der Waals surface area contributed by atoms with Crippen LogP contribution in [0.25, 0.3) is 0 Å². The molecule has 0 unspecified atom stereocenters. The molecule has 0 aromatic carbocycles. The van der Waals surface area contributed by atoms with Crippen molar-refractivity contribution < 1.29 is 0 Å². The third-order valence-corrected chi connectivity index (χ3v) is 2.24. The monoisotopic (exact) mass is 178 g/mol. The zero-order valence-corrected chi connectivity index (χ0v) is 6.84. The molecular formula is C6H8Cl2N2. The molecule has 0 saturated carbocycles. The number of halogens is 2. The summed E-state index contributed by atoms with van der Waals surface area (Å²) in [5, 5.41) is 1.12. The van der Waals surface area contributed by atoms with Crippen molar-refractivity contribution >= 4 is 23.2 Å². The number of hydrogen-bond donors (Lipinski definition) is 2. The molecule has 0 radical (unpaired) electrons. The molecule has 3 N–H and O–H groups in total. The Morgan fingerprint density at radius 1 is 1.50 bits per heavy atom. The summed E-state index contributed by atoms with van der Waals surface area (Å²) in [6.07, 6.45) is 3.62. The molecule has 4 heteroatoms. The molecule has 0 bridgehead atoms. The van der Waals surface area contributed by atoms with Gasteiger partial charge in [-0.1, -0.05) is 29.3 Å². The van der Waals surface area contributed by atoms with Crippen molar-refractivity contribution in [3.05, 3.63) is 21.8 Å². The SMILES string of the molecule is NNC1=C(Cl)C(Cl)=CCC1. The van der Waals surface area contributed by atoms with Gasteiger partial charge in [-0.05, 0) is 12.8 Å². The maximum Gasteiger partial charge on any atom is 0.0791 e. The minimum absolute atomic E-state index is 0.537. The Hall–Kier alpha value is -0.180. The van der Waals surface area contributed by atoms with E-state index in [2.05, 4.69) is 5.43 Å². The van der Waals surface area contributed by atoms with Crippen molar-refractivity contribution in [2.45, 2.75) is 12.8 Å². The molecule has 2 nitrogen and oxygen atoms in total. The van der Waals surface area contributed by atoms with Crippen molar-refractivity contribution in [1.29, 1.82) is 0 Å². The van der Waals surface area contributed by atoms with Crippen LogP contribution in [-0.4, -0.2) is 0 Å². The van der Waals surface area contributed by atoms with Gasteiger partial charge in [-0.3, -0.25) is 5.84 Å². The quantitative estimate of drug-likeness (QED) is 0.475. The maximum atomic E-state index is 5.77. The van der Waals surface area contributed by atoms with Crippen molar-refractivity contribution in [2.24, 2.45) is 5.84 Å². The third kappa shape index (κ3) is 1.45. The first-order valence-corrected chi connectivity index (χ1v) is 3.72. The first-order valence-electron chi connectivity index (χ1n) is 2.97. The maximum absolute atomic E-state index is 5.77. The van der Waals surface area contributed by atoms with E-state index in [4.69, 9.17) is 29.0 Å². The Morgan fingerprint density at radius 3 is 2.70 bits per heavy atom. The fraction of sp³-hybridized carbons (Fsp3) is 0.333. The highest BCUT2D eigenvalue weighted by molar-refractivity contribution is 6.44. The van der Waals surface area contributed by atoms with E-state index < -0.39 is 0 Å². The van der Waals surface area contributed by atoms with Crippen molar-refractivity contribution in [3.8, 4) is 0 Å². The second-order valence-electron chi connectivity index (χ2n) is 2.03. The zero-order valence-electron chi connectivity index (χ0n) is 5.32. The lowest BCUT2D eigenvalue weighted by Gasteiger charge is -2.12. The number of nitrogens with two attached hydrogens (primary N) is 1. The molecular weight excluding hydrogens is 171 g/mol. The number of hydrazine groups is 1. The number of rotatable bonds is 1. The summed E-state index contributed by atoms with van der Waals surface area (Å²) in [6, 6.07) is 0. The highest BCUT2D eigenvalue weighted by Crippen LogP contribution is 2.28. The first-order chi connectivity index (χ1) is 4.75. The summed E-state index contributed by atoms with van der Waals surface area (Å²) < 4.78 is 0. The van der Waals surface area contributed by atoms with E-state index in [0.717, 1.165) is 18.5 Å². The second-order valence-corrected chi connectivity index (χ2v) is 2.81. The minimum atomic E-state index is 0.537. The molecule has 0 spiro atoms. The summed E-state index contributed by atoms with van der Waals surface area (Å²) in [5.74, 6) is 5.18. The van der Waals surface area contributed by atoms with Gasteiger partial charge in [0.1, 0.15) is 0 Å². The zero-order chi connectivity index (χ0) is 7.56. The predicted molar refractivity (Wildman–Crippen MR) is 43.4 cm³/mol. The summed E-state index contributed by atoms with van der Waals surface area (Å²) in [5.41, 5.74) is 3.32. The predicted octanol–water partition coefficient (Wildman–Crippen LogP) is 1.82. The molecule has 0 aromatic heterocycles. The Balaban J connectivity index is 2.85. The molecule has 1 rings (SSSR count). The normalized spacial score (nSPS) is 18.9. The fourth-order valence-corrected chi connectivity index (χ4v) is 1.27. The Labute approximate surface area is 69.6 Å². The third-order valence-electron chi connectivity index (χ3n) is 1.37. The van der Waals surface area contributed by atoms with Crippen LogP contribution in [-0.2, 0) is 0 Å². The van der Waals surface area contributed by atoms with Crippen molar-refractivity contribution in [1.82, 2.24) is 5.43 Å². The molecule has 0 amide bonds. The summed E-state index contributed by atoms with van der Waals surface area (Å²) in [6.45, 7) is 0. The first kappa shape index (κ1) is 7.92. The van der Waals surface area contributed by atoms with E-state index >= 15 is 0 Å². The van der Waals surface area contributed by atoms with Crippen LogP contribution in [0.15, 0.2) is 21.8 Å². The molecule has 1 aliphatic carbocycles. The van der Waals surface area contributed by atoms with Crippen LogP contribution in [0.5, 0.6) is 0 Å². The van der Waals surface area contributed by atoms with Gasteiger partial charge in [-0.25, -0.2) is 0 Å². The van der Waals surface area contributed by atoms with E-state index in [0.29, 0.717) is 10.1 Å². The lowest BCUT2D eigenvalue weighted by atomic mass is 10.1. The molecule has 56 valence electrons. The highest BCUT2D eigenvalue weighted by Gasteiger charge is 2.10. The van der Waals surface area contributed by atoms with Crippen LogP contribution < -0.4 is 11.3 Å². The number of allylic oxidation sites excluding steroid dienone is 4. The van der Waals surface area contributed by atoms with E-state index in [9.17, 15) is 0 Å². The lowest BCUT2D eigenvalue weighted by Crippen LogP contribution is -2.23. The van der Waals surface area contributed by atoms with Gasteiger partial charge in [0, 0.05) is 5.70 Å². The van der Waals surface area contributed by atoms with E-state index in [1.807, 2.05) is 6.08 Å². The van der Waals surface area contributed by atoms with Crippen LogP contribution in [0.2, 0.25) is 0 Å². The molecule has 1 aliphatic rings. The largest absolute Gasteiger partial charge is 0.327 e. The highest BCUT2D eigenvalue weighted by atomic mass is 35.5. The van der Waals surface area contributed by atoms with E-state index in [1.165, 1.54) is 0 Å². The van der Waals surface area contributed by atoms with Gasteiger partial charge in [0.05, 0.1) is 10.1 Å². The smallest absolute Gasteiger partial charge is 0.0791 e. The van der Waals surface area contributed by atoms with Crippen molar-refractivity contribution in [3.63, 3.8) is 0 Å². The van der Waals surface area contributed by atoms with Crippen LogP contribution in [0.1, 0.15) is 12.8 Å². The summed E-state index contributed by atoms with van der Waals surface area (Å²) >= 11 is 11.5. The Kier molecular flexibility index (Phi) is 2.60. The topological polar surface area (TPSA) is 38.0 Å². The molecule has 0 heterocycles. The van der Waals surface area contributed by atoms with Crippen LogP contribution >= 0.6 is 23.2 Å². The molecule has 0 atom stereocenters. The van der Waals surface area contributed by atoms with Gasteiger partial charge in [0.2, 0.25) is 0 Å². The van der Waals surface area contributed by atoms with E-state index in [1.54, 1.807) is 0 Å². The van der Waals surface area contributed by atoms with Crippen LogP contribution in [0, 0.1) is 0 Å². The van der Waals surface area contributed by atoms with Crippen molar-refractivity contribution in [2.75, 3.05) is 0 Å². The van der Waals surface area contributed by atoms with Gasteiger partial charge < -0.3 is 5.43 Å². The average Bonchev–Trinajstić information content (AvgIpc) is 1.95. The molecule has 0 fully saturated rings. The van der Waals surface area contributed by atoms with Gasteiger partial charge in [0.15, 0.2) is 0 Å². The average molecular weight is 179 g/mol. The minimum Gasteiger partial charge on any atom is -0.327 e. The summed E-state index contributed by atoms with van der Waals surface area (Å²) in [7, 11) is 0. The lowest BCUT2D eigenvalue weighted by molar-refractivity contribution is 0.783. The van der Waals surface area contributed by atoms with Crippen LogP contribution in [0.3, 0.4) is 0 Å². The molecule has 10 heavy (non-hydrogen) atoms. The molecule has 0 saturated heterocycles. The number of nitrogens with one attached hydrogen (secondary N) is 1.